The van der Waals surface area contributed by atoms with Crippen LogP contribution in [-0.2, 0) is 5.41 Å². The Hall–Kier alpha value is -1.21. The second-order valence-corrected chi connectivity index (χ2v) is 11.4. The Bertz CT molecular complexity index is 886. The molecule has 2 rings (SSSR count). The molecular formula is C24H29Cl2O2P. The zero-order valence-corrected chi connectivity index (χ0v) is 20.4. The predicted molar refractivity (Wildman–Crippen MR) is 126 cm³/mol. The third kappa shape index (κ3) is 5.48. The second kappa shape index (κ2) is 9.73. The van der Waals surface area contributed by atoms with Crippen LogP contribution in [0.2, 0.25) is 10.0 Å². The number of carbonyl (C=O) groups excluding carboxylic acids is 2. The van der Waals surface area contributed by atoms with Crippen molar-refractivity contribution in [2.45, 2.75) is 59.8 Å². The smallest absolute Gasteiger partial charge is 0.195 e. The predicted octanol–water partition coefficient (Wildman–Crippen LogP) is 8.17. The molecule has 0 radical (unpaired) electrons. The van der Waals surface area contributed by atoms with Crippen LogP contribution in [0.1, 0.15) is 77.9 Å². The highest BCUT2D eigenvalue weighted by atomic mass is 35.5. The van der Waals surface area contributed by atoms with Gasteiger partial charge in [-0.1, -0.05) is 75.5 Å². The summed E-state index contributed by atoms with van der Waals surface area (Å²) in [6.07, 6.45) is 2.27. The van der Waals surface area contributed by atoms with Crippen LogP contribution in [0.3, 0.4) is 0 Å². The van der Waals surface area contributed by atoms with Crippen LogP contribution in [0.25, 0.3) is 0 Å². The van der Waals surface area contributed by atoms with Crippen molar-refractivity contribution in [3.8, 4) is 0 Å². The van der Waals surface area contributed by atoms with E-state index in [0.29, 0.717) is 21.8 Å². The summed E-state index contributed by atoms with van der Waals surface area (Å²) in [7, 11) is -1.59. The Morgan fingerprint density at radius 1 is 0.931 bits per heavy atom. The average molecular weight is 451 g/mol. The Balaban J connectivity index is 2.54. The molecule has 5 heteroatoms. The first-order valence-electron chi connectivity index (χ1n) is 9.91. The largest absolute Gasteiger partial charge is 0.289 e. The van der Waals surface area contributed by atoms with Gasteiger partial charge in [-0.2, -0.15) is 0 Å². The Morgan fingerprint density at radius 3 is 1.86 bits per heavy atom. The van der Waals surface area contributed by atoms with E-state index < -0.39 is 7.92 Å². The van der Waals surface area contributed by atoms with Crippen molar-refractivity contribution in [3.05, 3.63) is 68.2 Å². The SMILES string of the molecule is CCCCP(C(=O)c1c(C)cc(C(C)(C)C)cc1C)C(=O)c1c(Cl)cccc1Cl. The van der Waals surface area contributed by atoms with Gasteiger partial charge in [-0.05, 0) is 60.7 Å². The van der Waals surface area contributed by atoms with Crippen LogP contribution in [0.4, 0.5) is 0 Å². The first-order chi connectivity index (χ1) is 13.5. The summed E-state index contributed by atoms with van der Waals surface area (Å²) in [5.41, 5.74) is 3.64. The molecule has 0 bridgehead atoms. The highest BCUT2D eigenvalue weighted by molar-refractivity contribution is 7.90. The highest BCUT2D eigenvalue weighted by Crippen LogP contribution is 2.48. The topological polar surface area (TPSA) is 34.1 Å². The molecule has 0 spiro atoms. The van der Waals surface area contributed by atoms with E-state index in [2.05, 4.69) is 39.8 Å². The lowest BCUT2D eigenvalue weighted by atomic mass is 9.84. The lowest BCUT2D eigenvalue weighted by molar-refractivity contribution is 0.105. The van der Waals surface area contributed by atoms with Gasteiger partial charge in [-0.15, -0.1) is 0 Å². The van der Waals surface area contributed by atoms with Gasteiger partial charge < -0.3 is 0 Å². The van der Waals surface area contributed by atoms with Crippen molar-refractivity contribution < 1.29 is 9.59 Å². The first kappa shape index (κ1) is 24.1. The molecule has 0 aliphatic carbocycles. The van der Waals surface area contributed by atoms with E-state index in [1.807, 2.05) is 13.8 Å². The molecule has 1 atom stereocenters. The Kier molecular flexibility index (Phi) is 8.08. The fourth-order valence-corrected chi connectivity index (χ4v) is 6.37. The second-order valence-electron chi connectivity index (χ2n) is 8.45. The van der Waals surface area contributed by atoms with Gasteiger partial charge in [0.2, 0.25) is 0 Å². The van der Waals surface area contributed by atoms with Crippen LogP contribution in [-0.4, -0.2) is 17.2 Å². The number of hydrogen-bond donors (Lipinski definition) is 0. The lowest BCUT2D eigenvalue weighted by Crippen LogP contribution is -2.16. The summed E-state index contributed by atoms with van der Waals surface area (Å²) in [4.78, 5) is 27.0. The zero-order chi connectivity index (χ0) is 21.9. The van der Waals surface area contributed by atoms with Crippen LogP contribution < -0.4 is 0 Å². The summed E-state index contributed by atoms with van der Waals surface area (Å²) in [6.45, 7) is 12.4. The van der Waals surface area contributed by atoms with E-state index in [0.717, 1.165) is 24.0 Å². The van der Waals surface area contributed by atoms with Gasteiger partial charge >= 0.3 is 0 Å². The lowest BCUT2D eigenvalue weighted by Gasteiger charge is -2.23. The first-order valence-corrected chi connectivity index (χ1v) is 12.2. The molecule has 1 unspecified atom stereocenters. The minimum atomic E-state index is -1.59. The summed E-state index contributed by atoms with van der Waals surface area (Å²) < 4.78 is 0. The number of aryl methyl sites for hydroxylation is 2. The summed E-state index contributed by atoms with van der Waals surface area (Å²) in [5, 5.41) is 0.603. The summed E-state index contributed by atoms with van der Waals surface area (Å²) in [6, 6.07) is 9.14. The quantitative estimate of drug-likeness (QED) is 0.398. The van der Waals surface area contributed by atoms with Gasteiger partial charge in [0.15, 0.2) is 11.0 Å². The van der Waals surface area contributed by atoms with Crippen molar-refractivity contribution in [2.75, 3.05) is 6.16 Å². The summed E-state index contributed by atoms with van der Waals surface area (Å²) >= 11 is 12.6. The molecule has 156 valence electrons. The van der Waals surface area contributed by atoms with E-state index in [1.165, 1.54) is 5.56 Å². The number of carbonyl (C=O) groups is 2. The van der Waals surface area contributed by atoms with Crippen LogP contribution in [0.15, 0.2) is 30.3 Å². The average Bonchev–Trinajstić information content (AvgIpc) is 2.60. The monoisotopic (exact) mass is 450 g/mol. The van der Waals surface area contributed by atoms with Crippen LogP contribution in [0.5, 0.6) is 0 Å². The fourth-order valence-electron chi connectivity index (χ4n) is 3.32. The van der Waals surface area contributed by atoms with Crippen LogP contribution in [0, 0.1) is 13.8 Å². The highest BCUT2D eigenvalue weighted by Gasteiger charge is 2.32. The zero-order valence-electron chi connectivity index (χ0n) is 18.0. The van der Waals surface area contributed by atoms with Crippen molar-refractivity contribution in [1.82, 2.24) is 0 Å². The molecule has 0 heterocycles. The van der Waals surface area contributed by atoms with Crippen molar-refractivity contribution in [2.24, 2.45) is 0 Å². The molecule has 0 aromatic heterocycles. The van der Waals surface area contributed by atoms with E-state index in [9.17, 15) is 9.59 Å². The van der Waals surface area contributed by atoms with Crippen LogP contribution >= 0.6 is 31.1 Å². The van der Waals surface area contributed by atoms with E-state index in [-0.39, 0.29) is 22.0 Å². The maximum atomic E-state index is 13.6. The minimum Gasteiger partial charge on any atom is -0.289 e. The number of halogens is 2. The van der Waals surface area contributed by atoms with Gasteiger partial charge in [0.1, 0.15) is 0 Å². The molecule has 0 N–H and O–H groups in total. The maximum absolute atomic E-state index is 13.6. The maximum Gasteiger partial charge on any atom is 0.195 e. The number of unbranched alkanes of at least 4 members (excludes halogenated alkanes) is 1. The molecular weight excluding hydrogens is 422 g/mol. The fraction of sp³-hybridized carbons (Fsp3) is 0.417. The Labute approximate surface area is 185 Å². The third-order valence-electron chi connectivity index (χ3n) is 5.01. The van der Waals surface area contributed by atoms with Gasteiger partial charge in [-0.3, -0.25) is 9.59 Å². The third-order valence-corrected chi connectivity index (χ3v) is 7.84. The van der Waals surface area contributed by atoms with Crippen molar-refractivity contribution in [1.29, 1.82) is 0 Å². The minimum absolute atomic E-state index is 0.00898. The molecule has 0 saturated heterocycles. The molecule has 0 amide bonds. The molecule has 2 nitrogen and oxygen atoms in total. The van der Waals surface area contributed by atoms with E-state index in [4.69, 9.17) is 23.2 Å². The van der Waals surface area contributed by atoms with Gasteiger partial charge in [0, 0.05) is 13.5 Å². The molecule has 29 heavy (non-hydrogen) atoms. The Morgan fingerprint density at radius 2 is 1.41 bits per heavy atom. The number of benzene rings is 2. The number of rotatable bonds is 7. The number of hydrogen-bond acceptors (Lipinski definition) is 2. The van der Waals surface area contributed by atoms with E-state index in [1.54, 1.807) is 18.2 Å². The van der Waals surface area contributed by atoms with E-state index >= 15 is 0 Å². The summed E-state index contributed by atoms with van der Waals surface area (Å²) in [5.74, 6) is 0. The molecule has 0 saturated carbocycles. The van der Waals surface area contributed by atoms with Gasteiger partial charge in [0.05, 0.1) is 15.6 Å². The normalized spacial score (nSPS) is 12.7. The molecule has 0 fully saturated rings. The van der Waals surface area contributed by atoms with Crippen molar-refractivity contribution in [3.63, 3.8) is 0 Å². The standard InChI is InChI=1S/C24H29Cl2O2P/c1-7-8-12-29(23(28)21-18(25)10-9-11-19(21)26)22(27)20-15(2)13-17(14-16(20)3)24(4,5)6/h9-11,13-14H,7-8,12H2,1-6H3. The molecule has 2 aromatic rings. The van der Waals surface area contributed by atoms with Gasteiger partial charge in [-0.25, -0.2) is 0 Å². The van der Waals surface area contributed by atoms with Crippen molar-refractivity contribution >= 4 is 42.2 Å². The van der Waals surface area contributed by atoms with Gasteiger partial charge in [0.25, 0.3) is 0 Å². The molecule has 0 aliphatic rings. The molecule has 2 aromatic carbocycles. The molecule has 0 aliphatic heterocycles.